The fourth-order valence-electron chi connectivity index (χ4n) is 1.27. The van der Waals surface area contributed by atoms with Gasteiger partial charge in [-0.1, -0.05) is 19.9 Å². The van der Waals surface area contributed by atoms with Gasteiger partial charge in [-0.2, -0.15) is 0 Å². The van der Waals surface area contributed by atoms with Crippen LogP contribution >= 0.6 is 0 Å². The Morgan fingerprint density at radius 2 is 1.86 bits per heavy atom. The van der Waals surface area contributed by atoms with E-state index in [0.717, 1.165) is 5.56 Å². The fraction of sp³-hybridized carbons (Fsp3) is 0.455. The minimum atomic E-state index is -0.256. The van der Waals surface area contributed by atoms with E-state index in [-0.39, 0.29) is 23.5 Å². The lowest BCUT2D eigenvalue weighted by Gasteiger charge is -2.21. The van der Waals surface area contributed by atoms with Gasteiger partial charge in [-0.15, -0.1) is 0 Å². The van der Waals surface area contributed by atoms with Crippen molar-refractivity contribution in [2.45, 2.75) is 20.3 Å². The Labute approximate surface area is 83.6 Å². The van der Waals surface area contributed by atoms with Crippen molar-refractivity contribution >= 4 is 0 Å². The Balaban J connectivity index is 2.87. The molecule has 0 heterocycles. The number of rotatable bonds is 3. The zero-order valence-corrected chi connectivity index (χ0v) is 8.49. The minimum Gasteiger partial charge on any atom is -0.508 e. The van der Waals surface area contributed by atoms with Crippen LogP contribution in [0.15, 0.2) is 18.2 Å². The lowest BCUT2D eigenvalue weighted by atomic mass is 9.86. The molecule has 0 aromatic heterocycles. The van der Waals surface area contributed by atoms with Gasteiger partial charge in [0.2, 0.25) is 0 Å². The van der Waals surface area contributed by atoms with Crippen molar-refractivity contribution in [2.75, 3.05) is 6.61 Å². The molecule has 0 radical (unpaired) electrons. The Bertz CT molecular complexity index is 318. The first-order valence-electron chi connectivity index (χ1n) is 4.56. The van der Waals surface area contributed by atoms with Crippen molar-refractivity contribution < 1.29 is 15.3 Å². The van der Waals surface area contributed by atoms with Crippen LogP contribution in [0.25, 0.3) is 0 Å². The van der Waals surface area contributed by atoms with E-state index < -0.39 is 0 Å². The monoisotopic (exact) mass is 196 g/mol. The van der Waals surface area contributed by atoms with E-state index in [1.807, 2.05) is 13.8 Å². The number of phenolic OH excluding ortho intramolecular Hbond substituents is 2. The number of hydrogen-bond donors (Lipinski definition) is 3. The molecule has 0 spiro atoms. The number of aromatic hydroxyl groups is 2. The summed E-state index contributed by atoms with van der Waals surface area (Å²) in [5.74, 6) is 0.125. The van der Waals surface area contributed by atoms with Gasteiger partial charge in [0.1, 0.15) is 11.5 Å². The summed E-state index contributed by atoms with van der Waals surface area (Å²) in [7, 11) is 0. The normalized spacial score (nSPS) is 11.6. The summed E-state index contributed by atoms with van der Waals surface area (Å²) in [6.45, 7) is 3.89. The molecule has 3 nitrogen and oxygen atoms in total. The molecule has 0 fully saturated rings. The molecular formula is C11H16O3. The zero-order chi connectivity index (χ0) is 10.8. The van der Waals surface area contributed by atoms with E-state index in [9.17, 15) is 5.11 Å². The summed E-state index contributed by atoms with van der Waals surface area (Å²) in [6, 6.07) is 4.51. The van der Waals surface area contributed by atoms with Crippen molar-refractivity contribution in [2.24, 2.45) is 5.41 Å². The van der Waals surface area contributed by atoms with E-state index in [2.05, 4.69) is 0 Å². The SMILES string of the molecule is CC(C)(CO)Cc1ccc(O)cc1O. The molecule has 14 heavy (non-hydrogen) atoms. The highest BCUT2D eigenvalue weighted by molar-refractivity contribution is 5.39. The van der Waals surface area contributed by atoms with Crippen molar-refractivity contribution in [3.8, 4) is 11.5 Å². The van der Waals surface area contributed by atoms with Gasteiger partial charge in [0.25, 0.3) is 0 Å². The average molecular weight is 196 g/mol. The molecule has 1 aromatic rings. The van der Waals surface area contributed by atoms with E-state index in [0.29, 0.717) is 6.42 Å². The molecule has 0 saturated carbocycles. The Morgan fingerprint density at radius 3 is 2.36 bits per heavy atom. The predicted molar refractivity (Wildman–Crippen MR) is 54.3 cm³/mol. The molecule has 78 valence electrons. The number of phenols is 2. The molecule has 1 aromatic carbocycles. The topological polar surface area (TPSA) is 60.7 Å². The molecule has 0 saturated heterocycles. The van der Waals surface area contributed by atoms with Crippen molar-refractivity contribution in [1.82, 2.24) is 0 Å². The highest BCUT2D eigenvalue weighted by Gasteiger charge is 2.18. The van der Waals surface area contributed by atoms with Crippen molar-refractivity contribution in [1.29, 1.82) is 0 Å². The summed E-state index contributed by atoms with van der Waals surface area (Å²) < 4.78 is 0. The van der Waals surface area contributed by atoms with Gasteiger partial charge in [-0.3, -0.25) is 0 Å². The van der Waals surface area contributed by atoms with E-state index in [4.69, 9.17) is 10.2 Å². The van der Waals surface area contributed by atoms with E-state index in [1.54, 1.807) is 6.07 Å². The van der Waals surface area contributed by atoms with E-state index in [1.165, 1.54) is 12.1 Å². The van der Waals surface area contributed by atoms with Gasteiger partial charge in [-0.05, 0) is 23.5 Å². The second kappa shape index (κ2) is 3.88. The van der Waals surface area contributed by atoms with Crippen LogP contribution in [0, 0.1) is 5.41 Å². The molecule has 0 unspecified atom stereocenters. The maximum Gasteiger partial charge on any atom is 0.122 e. The van der Waals surface area contributed by atoms with Crippen LogP contribution in [-0.2, 0) is 6.42 Å². The number of aliphatic hydroxyl groups excluding tert-OH is 1. The summed E-state index contributed by atoms with van der Waals surface area (Å²) in [4.78, 5) is 0. The van der Waals surface area contributed by atoms with Gasteiger partial charge in [0.05, 0.1) is 0 Å². The highest BCUT2D eigenvalue weighted by Crippen LogP contribution is 2.29. The first-order chi connectivity index (χ1) is 6.44. The molecule has 0 aliphatic rings. The van der Waals surface area contributed by atoms with Crippen LogP contribution in [0.2, 0.25) is 0 Å². The molecule has 3 N–H and O–H groups in total. The largest absolute Gasteiger partial charge is 0.508 e. The summed E-state index contributed by atoms with van der Waals surface area (Å²) in [5.41, 5.74) is 0.482. The minimum absolute atomic E-state index is 0.0491. The molecule has 0 bridgehead atoms. The highest BCUT2D eigenvalue weighted by atomic mass is 16.3. The quantitative estimate of drug-likeness (QED) is 0.689. The second-order valence-electron chi connectivity index (χ2n) is 4.31. The lowest BCUT2D eigenvalue weighted by Crippen LogP contribution is -2.19. The maximum absolute atomic E-state index is 9.51. The van der Waals surface area contributed by atoms with Crippen LogP contribution in [0.3, 0.4) is 0 Å². The summed E-state index contributed by atoms with van der Waals surface area (Å²) in [6.07, 6.45) is 0.579. The Morgan fingerprint density at radius 1 is 1.21 bits per heavy atom. The maximum atomic E-state index is 9.51. The van der Waals surface area contributed by atoms with Crippen LogP contribution in [0.1, 0.15) is 19.4 Å². The zero-order valence-electron chi connectivity index (χ0n) is 8.49. The first-order valence-corrected chi connectivity index (χ1v) is 4.56. The molecule has 3 heteroatoms. The number of hydrogen-bond acceptors (Lipinski definition) is 3. The average Bonchev–Trinajstić information content (AvgIpc) is 2.10. The summed E-state index contributed by atoms with van der Waals surface area (Å²) in [5, 5.41) is 27.7. The van der Waals surface area contributed by atoms with Crippen molar-refractivity contribution in [3.63, 3.8) is 0 Å². The van der Waals surface area contributed by atoms with Gasteiger partial charge in [0.15, 0.2) is 0 Å². The molecular weight excluding hydrogens is 180 g/mol. The van der Waals surface area contributed by atoms with Crippen LogP contribution in [0.5, 0.6) is 11.5 Å². The lowest BCUT2D eigenvalue weighted by molar-refractivity contribution is 0.159. The van der Waals surface area contributed by atoms with Gasteiger partial charge in [-0.25, -0.2) is 0 Å². The molecule has 0 amide bonds. The Hall–Kier alpha value is -1.22. The predicted octanol–water partition coefficient (Wildman–Crippen LogP) is 1.66. The van der Waals surface area contributed by atoms with Crippen LogP contribution in [0.4, 0.5) is 0 Å². The van der Waals surface area contributed by atoms with Gasteiger partial charge >= 0.3 is 0 Å². The van der Waals surface area contributed by atoms with Crippen LogP contribution < -0.4 is 0 Å². The third kappa shape index (κ3) is 2.64. The molecule has 0 aliphatic carbocycles. The van der Waals surface area contributed by atoms with Gasteiger partial charge < -0.3 is 15.3 Å². The van der Waals surface area contributed by atoms with Crippen molar-refractivity contribution in [3.05, 3.63) is 23.8 Å². The van der Waals surface area contributed by atoms with Gasteiger partial charge in [0, 0.05) is 12.7 Å². The standard InChI is InChI=1S/C11H16O3/c1-11(2,7-12)6-8-3-4-9(13)5-10(8)14/h3-5,12-14H,6-7H2,1-2H3. The molecule has 0 atom stereocenters. The first kappa shape index (κ1) is 10.9. The smallest absolute Gasteiger partial charge is 0.122 e. The molecule has 0 aliphatic heterocycles. The second-order valence-corrected chi connectivity index (χ2v) is 4.31. The number of benzene rings is 1. The third-order valence-electron chi connectivity index (χ3n) is 2.17. The van der Waals surface area contributed by atoms with Crippen LogP contribution in [-0.4, -0.2) is 21.9 Å². The molecule has 1 rings (SSSR count). The number of aliphatic hydroxyl groups is 1. The Kier molecular flexibility index (Phi) is 3.01. The van der Waals surface area contributed by atoms with E-state index >= 15 is 0 Å². The third-order valence-corrected chi connectivity index (χ3v) is 2.17. The summed E-state index contributed by atoms with van der Waals surface area (Å²) >= 11 is 0. The fourth-order valence-corrected chi connectivity index (χ4v) is 1.27.